The lowest BCUT2D eigenvalue weighted by molar-refractivity contribution is 0.0773. The number of rotatable bonds is 7. The van der Waals surface area contributed by atoms with E-state index in [2.05, 4.69) is 9.97 Å². The van der Waals surface area contributed by atoms with E-state index in [0.29, 0.717) is 45.5 Å². The molecular weight excluding hydrogens is 591 g/mol. The van der Waals surface area contributed by atoms with Crippen molar-refractivity contribution < 1.29 is 26.3 Å². The van der Waals surface area contributed by atoms with Gasteiger partial charge in [-0.05, 0) is 60.9 Å². The van der Waals surface area contributed by atoms with Crippen LogP contribution in [0.4, 0.5) is 4.39 Å². The third-order valence-corrected chi connectivity index (χ3v) is 9.69. The van der Waals surface area contributed by atoms with Crippen LogP contribution in [0.1, 0.15) is 22.3 Å². The molecule has 1 aliphatic rings. The van der Waals surface area contributed by atoms with Crippen LogP contribution in [0.5, 0.6) is 0 Å². The van der Waals surface area contributed by atoms with Crippen LogP contribution >= 0.6 is 0 Å². The Morgan fingerprint density at radius 2 is 1.79 bits per heavy atom. The summed E-state index contributed by atoms with van der Waals surface area (Å²) < 4.78 is 59.5. The molecule has 9 nitrogen and oxygen atoms in total. The van der Waals surface area contributed by atoms with Gasteiger partial charge in [0.2, 0.25) is 5.95 Å². The van der Waals surface area contributed by atoms with Gasteiger partial charge in [0, 0.05) is 42.2 Å². The molecule has 3 heterocycles. The fraction of sp³-hybridized carbons (Fsp3) is 0.194. The Balaban J connectivity index is 1.26. The molecule has 1 aliphatic heterocycles. The minimum Gasteiger partial charge on any atom is -0.612 e. The number of carbonyl (C=O) groups is 1. The summed E-state index contributed by atoms with van der Waals surface area (Å²) >= 11 is -1.34. The Labute approximate surface area is 251 Å². The van der Waals surface area contributed by atoms with E-state index in [1.54, 1.807) is 70.5 Å². The van der Waals surface area contributed by atoms with E-state index in [1.807, 2.05) is 6.92 Å². The summed E-state index contributed by atoms with van der Waals surface area (Å²) in [6, 6.07) is 17.8. The summed E-state index contributed by atoms with van der Waals surface area (Å²) in [4.78, 5) is 24.6. The van der Waals surface area contributed by atoms with Crippen molar-refractivity contribution in [2.24, 2.45) is 0 Å². The smallest absolute Gasteiger partial charge is 0.297 e. The van der Waals surface area contributed by atoms with Crippen molar-refractivity contribution in [1.29, 1.82) is 0 Å². The quantitative estimate of drug-likeness (QED) is 0.188. The first-order valence-corrected chi connectivity index (χ1v) is 16.4. The molecule has 0 bridgehead atoms. The third-order valence-electron chi connectivity index (χ3n) is 7.37. The minimum atomic E-state index is -3.97. The molecule has 1 fully saturated rings. The van der Waals surface area contributed by atoms with E-state index in [0.717, 1.165) is 5.56 Å². The van der Waals surface area contributed by atoms with Crippen LogP contribution in [-0.2, 0) is 25.5 Å². The normalized spacial score (nSPS) is 16.1. The highest BCUT2D eigenvalue weighted by Gasteiger charge is 2.32. The average molecular weight is 619 g/mol. The lowest BCUT2D eigenvalue weighted by Crippen LogP contribution is -2.30. The first-order valence-electron chi connectivity index (χ1n) is 13.5. The second kappa shape index (κ2) is 11.5. The third kappa shape index (κ3) is 5.78. The van der Waals surface area contributed by atoms with E-state index in [1.165, 1.54) is 30.6 Å². The number of nitrogens with zero attached hydrogens (tertiary/aromatic N) is 4. The number of hydrogen-bond donors (Lipinski definition) is 0. The molecule has 3 aromatic carbocycles. The van der Waals surface area contributed by atoms with Gasteiger partial charge in [-0.1, -0.05) is 35.9 Å². The molecule has 220 valence electrons. The molecule has 2 atom stereocenters. The van der Waals surface area contributed by atoms with Crippen molar-refractivity contribution in [1.82, 2.24) is 19.4 Å². The lowest BCUT2D eigenvalue weighted by Gasteiger charge is -2.17. The zero-order valence-electron chi connectivity index (χ0n) is 23.3. The van der Waals surface area contributed by atoms with Gasteiger partial charge in [-0.15, -0.1) is 0 Å². The van der Waals surface area contributed by atoms with Gasteiger partial charge in [0.15, 0.2) is 4.90 Å². The highest BCUT2D eigenvalue weighted by atomic mass is 32.2. The number of hydrogen-bond acceptors (Lipinski definition) is 7. The van der Waals surface area contributed by atoms with E-state index in [-0.39, 0.29) is 29.1 Å². The first-order chi connectivity index (χ1) is 20.6. The van der Waals surface area contributed by atoms with Crippen LogP contribution in [0.3, 0.4) is 0 Å². The van der Waals surface area contributed by atoms with Crippen LogP contribution in [-0.4, -0.2) is 63.8 Å². The molecule has 1 amide bonds. The predicted octanol–water partition coefficient (Wildman–Crippen LogP) is 4.89. The topological polar surface area (TPSA) is 117 Å². The number of likely N-dealkylation sites (tertiary alicyclic amines) is 1. The van der Waals surface area contributed by atoms with Crippen molar-refractivity contribution in [2.75, 3.05) is 19.3 Å². The maximum atomic E-state index is 14.3. The monoisotopic (exact) mass is 618 g/mol. The summed E-state index contributed by atoms with van der Waals surface area (Å²) in [5, 5.41) is 0.672. The highest BCUT2D eigenvalue weighted by Crippen LogP contribution is 2.30. The predicted molar refractivity (Wildman–Crippen MR) is 160 cm³/mol. The molecular formula is C31H27FN4O5S2. The molecule has 5 aromatic rings. The molecule has 2 aromatic heterocycles. The molecule has 0 aliphatic carbocycles. The molecule has 0 saturated carbocycles. The fourth-order valence-corrected chi connectivity index (χ4v) is 6.95. The standard InChI is InChI=1S/C31H27FN4O5S2/c1-20-7-10-24(11-8-20)43(39,40)41-23-13-14-35(18-23)30(37)21-9-12-26-28(15-21)36(19-29(26)42(2)38)31-33-16-22(17-34-31)25-5-3-4-6-27(25)32/h3-12,15-17,19,23H,13-14,18H2,1-2H3/t23-,42?/m0/s1. The van der Waals surface area contributed by atoms with Crippen molar-refractivity contribution in [2.45, 2.75) is 29.2 Å². The molecule has 12 heteroatoms. The van der Waals surface area contributed by atoms with Crippen LogP contribution in [0, 0.1) is 12.7 Å². The second-order valence-electron chi connectivity index (χ2n) is 10.3. The van der Waals surface area contributed by atoms with Gasteiger partial charge in [0.25, 0.3) is 16.0 Å². The first kappa shape index (κ1) is 29.0. The number of fused-ring (bicyclic) bond motifs is 1. The van der Waals surface area contributed by atoms with Crippen LogP contribution in [0.15, 0.2) is 95.1 Å². The van der Waals surface area contributed by atoms with Gasteiger partial charge in [-0.25, -0.2) is 14.4 Å². The van der Waals surface area contributed by atoms with E-state index in [4.69, 9.17) is 4.18 Å². The maximum Gasteiger partial charge on any atom is 0.297 e. The van der Waals surface area contributed by atoms with Crippen LogP contribution in [0.2, 0.25) is 0 Å². The van der Waals surface area contributed by atoms with E-state index in [9.17, 15) is 22.2 Å². The Morgan fingerprint density at radius 3 is 2.49 bits per heavy atom. The molecule has 0 N–H and O–H groups in total. The van der Waals surface area contributed by atoms with Gasteiger partial charge in [0.05, 0.1) is 28.1 Å². The molecule has 1 unspecified atom stereocenters. The Hall–Kier alpha value is -4.10. The van der Waals surface area contributed by atoms with Gasteiger partial charge in [0.1, 0.15) is 12.1 Å². The molecule has 0 radical (unpaired) electrons. The Kier molecular flexibility index (Phi) is 7.77. The molecule has 0 spiro atoms. The second-order valence-corrected chi connectivity index (χ2v) is 13.2. The van der Waals surface area contributed by atoms with Gasteiger partial charge in [-0.2, -0.15) is 8.42 Å². The summed E-state index contributed by atoms with van der Waals surface area (Å²) in [5.74, 6) is -0.412. The van der Waals surface area contributed by atoms with Crippen molar-refractivity contribution in [3.05, 3.63) is 102 Å². The molecule has 43 heavy (non-hydrogen) atoms. The van der Waals surface area contributed by atoms with Gasteiger partial charge < -0.3 is 9.45 Å². The maximum absolute atomic E-state index is 14.3. The van der Waals surface area contributed by atoms with Gasteiger partial charge in [-0.3, -0.25) is 13.5 Å². The van der Waals surface area contributed by atoms with E-state index >= 15 is 0 Å². The van der Waals surface area contributed by atoms with Gasteiger partial charge >= 0.3 is 0 Å². The Morgan fingerprint density at radius 1 is 1.07 bits per heavy atom. The summed E-state index contributed by atoms with van der Waals surface area (Å²) in [7, 11) is -3.97. The number of halogens is 1. The average Bonchev–Trinajstić information content (AvgIpc) is 3.62. The summed E-state index contributed by atoms with van der Waals surface area (Å²) in [6.07, 6.45) is 5.96. The lowest BCUT2D eigenvalue weighted by atomic mass is 10.1. The number of carbonyl (C=O) groups excluding carboxylic acids is 1. The largest absolute Gasteiger partial charge is 0.612 e. The Bertz CT molecular complexity index is 1930. The zero-order valence-corrected chi connectivity index (χ0v) is 24.9. The van der Waals surface area contributed by atoms with Crippen LogP contribution in [0.25, 0.3) is 28.0 Å². The van der Waals surface area contributed by atoms with E-state index < -0.39 is 27.4 Å². The van der Waals surface area contributed by atoms with Crippen molar-refractivity contribution >= 4 is 38.1 Å². The van der Waals surface area contributed by atoms with Crippen molar-refractivity contribution in [3.8, 4) is 17.1 Å². The minimum absolute atomic E-state index is 0.0716. The number of amides is 1. The fourth-order valence-electron chi connectivity index (χ4n) is 5.12. The highest BCUT2D eigenvalue weighted by molar-refractivity contribution is 7.91. The molecule has 1 saturated heterocycles. The number of benzene rings is 3. The number of aromatic nitrogens is 3. The van der Waals surface area contributed by atoms with Crippen molar-refractivity contribution in [3.63, 3.8) is 0 Å². The molecule has 6 rings (SSSR count). The summed E-state index contributed by atoms with van der Waals surface area (Å²) in [5.41, 5.74) is 2.75. The summed E-state index contributed by atoms with van der Waals surface area (Å²) in [6.45, 7) is 2.32. The SMILES string of the molecule is Cc1ccc(S(=O)(=O)O[C@H]2CCN(C(=O)c3ccc4c([S+](C)[O-])cn(-c5ncc(-c6ccccc6F)cn5)c4c3)C2)cc1. The zero-order chi connectivity index (χ0) is 30.3. The van der Waals surface area contributed by atoms with Crippen LogP contribution < -0.4 is 0 Å². The number of aryl methyl sites for hydroxylation is 1.